The average molecular weight is 283 g/mol. The SMILES string of the molecule is CC(C)(C)NCc1ccc(-c2ccccc2F)o1.[Cl-]. The van der Waals surface area contributed by atoms with Gasteiger partial charge in [0.05, 0.1) is 12.1 Å². The first-order valence-corrected chi connectivity index (χ1v) is 6.04. The van der Waals surface area contributed by atoms with Crippen LogP contribution < -0.4 is 17.7 Å². The van der Waals surface area contributed by atoms with E-state index in [2.05, 4.69) is 26.1 Å². The molecule has 1 N–H and O–H groups in total. The van der Waals surface area contributed by atoms with Crippen molar-refractivity contribution in [2.45, 2.75) is 32.9 Å². The first-order chi connectivity index (χ1) is 8.46. The minimum atomic E-state index is -0.262. The van der Waals surface area contributed by atoms with E-state index in [1.54, 1.807) is 24.3 Å². The van der Waals surface area contributed by atoms with Gasteiger partial charge in [-0.05, 0) is 45.0 Å². The van der Waals surface area contributed by atoms with E-state index in [1.807, 2.05) is 6.07 Å². The lowest BCUT2D eigenvalue weighted by atomic mass is 10.1. The third-order valence-electron chi connectivity index (χ3n) is 2.59. The summed E-state index contributed by atoms with van der Waals surface area (Å²) < 4.78 is 19.2. The smallest absolute Gasteiger partial charge is 0.137 e. The second-order valence-corrected chi connectivity index (χ2v) is 5.35. The summed E-state index contributed by atoms with van der Waals surface area (Å²) in [4.78, 5) is 0. The summed E-state index contributed by atoms with van der Waals surface area (Å²) in [7, 11) is 0. The van der Waals surface area contributed by atoms with Crippen LogP contribution in [0.15, 0.2) is 40.8 Å². The van der Waals surface area contributed by atoms with Gasteiger partial charge in [0.1, 0.15) is 17.3 Å². The number of halogens is 2. The third kappa shape index (κ3) is 4.37. The van der Waals surface area contributed by atoms with Crippen molar-refractivity contribution in [3.63, 3.8) is 0 Å². The molecule has 4 heteroatoms. The van der Waals surface area contributed by atoms with Crippen LogP contribution in [0.1, 0.15) is 26.5 Å². The van der Waals surface area contributed by atoms with Gasteiger partial charge in [0.15, 0.2) is 0 Å². The molecule has 0 aliphatic rings. The maximum atomic E-state index is 13.6. The predicted octanol–water partition coefficient (Wildman–Crippen LogP) is 0.978. The Balaban J connectivity index is 0.00000180. The van der Waals surface area contributed by atoms with Crippen LogP contribution in [-0.4, -0.2) is 5.54 Å². The van der Waals surface area contributed by atoms with Gasteiger partial charge in [-0.15, -0.1) is 0 Å². The highest BCUT2D eigenvalue weighted by atomic mass is 35.5. The highest BCUT2D eigenvalue weighted by Crippen LogP contribution is 2.24. The molecule has 1 aromatic heterocycles. The molecule has 0 fully saturated rings. The number of nitrogens with one attached hydrogen (secondary N) is 1. The monoisotopic (exact) mass is 282 g/mol. The molecule has 2 rings (SSSR count). The second kappa shape index (κ2) is 6.22. The van der Waals surface area contributed by atoms with E-state index < -0.39 is 0 Å². The summed E-state index contributed by atoms with van der Waals surface area (Å²) in [6.07, 6.45) is 0. The minimum absolute atomic E-state index is 0. The Bertz CT molecular complexity index is 531. The summed E-state index contributed by atoms with van der Waals surface area (Å²) in [5.41, 5.74) is 0.532. The van der Waals surface area contributed by atoms with E-state index in [-0.39, 0.29) is 23.8 Å². The van der Waals surface area contributed by atoms with Gasteiger partial charge in [0.25, 0.3) is 0 Å². The molecule has 0 radical (unpaired) electrons. The van der Waals surface area contributed by atoms with Crippen LogP contribution in [0.25, 0.3) is 11.3 Å². The molecule has 2 aromatic rings. The fraction of sp³-hybridized carbons (Fsp3) is 0.333. The van der Waals surface area contributed by atoms with Gasteiger partial charge in [-0.3, -0.25) is 0 Å². The molecular weight excluding hydrogens is 265 g/mol. The molecule has 19 heavy (non-hydrogen) atoms. The highest BCUT2D eigenvalue weighted by molar-refractivity contribution is 5.58. The molecule has 0 amide bonds. The van der Waals surface area contributed by atoms with Gasteiger partial charge < -0.3 is 22.1 Å². The molecule has 2 nitrogen and oxygen atoms in total. The zero-order valence-electron chi connectivity index (χ0n) is 11.3. The Hall–Kier alpha value is -1.32. The Labute approximate surface area is 119 Å². The van der Waals surface area contributed by atoms with Crippen molar-refractivity contribution in [1.82, 2.24) is 5.32 Å². The van der Waals surface area contributed by atoms with Crippen LogP contribution in [0.2, 0.25) is 0 Å². The second-order valence-electron chi connectivity index (χ2n) is 5.35. The number of furan rings is 1. The predicted molar refractivity (Wildman–Crippen MR) is 70.7 cm³/mol. The molecule has 1 heterocycles. The summed E-state index contributed by atoms with van der Waals surface area (Å²) in [5.74, 6) is 1.11. The molecule has 0 aliphatic heterocycles. The van der Waals surface area contributed by atoms with Crippen LogP contribution in [0.3, 0.4) is 0 Å². The molecule has 0 unspecified atom stereocenters. The Morgan fingerprint density at radius 3 is 2.42 bits per heavy atom. The van der Waals surface area contributed by atoms with Crippen LogP contribution >= 0.6 is 0 Å². The summed E-state index contributed by atoms with van der Waals surface area (Å²) in [6, 6.07) is 10.3. The van der Waals surface area contributed by atoms with E-state index in [9.17, 15) is 4.39 Å². The number of hydrogen-bond acceptors (Lipinski definition) is 2. The first-order valence-electron chi connectivity index (χ1n) is 6.04. The lowest BCUT2D eigenvalue weighted by Crippen LogP contribution is -3.00. The minimum Gasteiger partial charge on any atom is -1.00 e. The zero-order valence-corrected chi connectivity index (χ0v) is 12.1. The fourth-order valence-corrected chi connectivity index (χ4v) is 1.63. The molecule has 0 spiro atoms. The van der Waals surface area contributed by atoms with E-state index in [0.29, 0.717) is 17.9 Å². The van der Waals surface area contributed by atoms with Gasteiger partial charge in [0.2, 0.25) is 0 Å². The van der Waals surface area contributed by atoms with Crippen LogP contribution in [0, 0.1) is 5.82 Å². The first kappa shape index (κ1) is 15.7. The van der Waals surface area contributed by atoms with E-state index in [0.717, 1.165) is 5.76 Å². The van der Waals surface area contributed by atoms with Crippen molar-refractivity contribution in [3.8, 4) is 11.3 Å². The van der Waals surface area contributed by atoms with E-state index in [1.165, 1.54) is 6.07 Å². The lowest BCUT2D eigenvalue weighted by Gasteiger charge is -2.19. The molecule has 0 atom stereocenters. The largest absolute Gasteiger partial charge is 1.00 e. The average Bonchev–Trinajstić information content (AvgIpc) is 2.75. The zero-order chi connectivity index (χ0) is 13.2. The molecule has 1 aromatic carbocycles. The molecule has 0 bridgehead atoms. The van der Waals surface area contributed by atoms with Crippen LogP contribution in [-0.2, 0) is 6.54 Å². The fourth-order valence-electron chi connectivity index (χ4n) is 1.63. The normalized spacial score (nSPS) is 11.2. The third-order valence-corrected chi connectivity index (χ3v) is 2.59. The molecule has 0 saturated heterocycles. The quantitative estimate of drug-likeness (QED) is 0.908. The number of rotatable bonds is 3. The maximum Gasteiger partial charge on any atom is 0.137 e. The van der Waals surface area contributed by atoms with Crippen LogP contribution in [0.5, 0.6) is 0 Å². The van der Waals surface area contributed by atoms with Gasteiger partial charge in [-0.25, -0.2) is 4.39 Å². The number of benzene rings is 1. The highest BCUT2D eigenvalue weighted by Gasteiger charge is 2.12. The van der Waals surface area contributed by atoms with Gasteiger partial charge in [-0.1, -0.05) is 12.1 Å². The van der Waals surface area contributed by atoms with Gasteiger partial charge in [-0.2, -0.15) is 0 Å². The van der Waals surface area contributed by atoms with Gasteiger partial charge >= 0.3 is 0 Å². The standard InChI is InChI=1S/C15H18FNO.ClH/c1-15(2,3)17-10-11-8-9-14(18-11)12-6-4-5-7-13(12)16;/h4-9,17H,10H2,1-3H3;1H/p-1. The summed E-state index contributed by atoms with van der Waals surface area (Å²) >= 11 is 0. The Morgan fingerprint density at radius 1 is 1.11 bits per heavy atom. The van der Waals surface area contributed by atoms with Crippen molar-refractivity contribution in [1.29, 1.82) is 0 Å². The van der Waals surface area contributed by atoms with Crippen molar-refractivity contribution in [2.24, 2.45) is 0 Å². The summed E-state index contributed by atoms with van der Waals surface area (Å²) in [6.45, 7) is 6.91. The maximum absolute atomic E-state index is 13.6. The van der Waals surface area contributed by atoms with Crippen molar-refractivity contribution < 1.29 is 21.2 Å². The molecule has 0 saturated carbocycles. The molecule has 0 aliphatic carbocycles. The van der Waals surface area contributed by atoms with Crippen molar-refractivity contribution >= 4 is 0 Å². The Morgan fingerprint density at radius 2 is 1.79 bits per heavy atom. The van der Waals surface area contributed by atoms with E-state index >= 15 is 0 Å². The van der Waals surface area contributed by atoms with Crippen LogP contribution in [0.4, 0.5) is 4.39 Å². The van der Waals surface area contributed by atoms with Crippen molar-refractivity contribution in [3.05, 3.63) is 48.0 Å². The van der Waals surface area contributed by atoms with Crippen molar-refractivity contribution in [2.75, 3.05) is 0 Å². The topological polar surface area (TPSA) is 25.2 Å². The van der Waals surface area contributed by atoms with Gasteiger partial charge in [0, 0.05) is 5.54 Å². The van der Waals surface area contributed by atoms with E-state index in [4.69, 9.17) is 4.42 Å². The molecule has 104 valence electrons. The lowest BCUT2D eigenvalue weighted by molar-refractivity contribution is -0.00000550. The summed E-state index contributed by atoms with van der Waals surface area (Å²) in [5, 5.41) is 3.33. The number of hydrogen-bond donors (Lipinski definition) is 1. The Kier molecular flexibility index (Phi) is 5.15. The molecular formula is C15H18ClFNO-.